The van der Waals surface area contributed by atoms with Gasteiger partial charge in [-0.05, 0) is 30.3 Å². The zero-order valence-corrected chi connectivity index (χ0v) is 9.91. The van der Waals surface area contributed by atoms with Crippen molar-refractivity contribution in [2.24, 2.45) is 16.6 Å². The Morgan fingerprint density at radius 1 is 1.08 bits per heavy atom. The summed E-state index contributed by atoms with van der Waals surface area (Å²) < 4.78 is 0. The fraction of sp³-hybridized carbons (Fsp3) is 1.00. The summed E-state index contributed by atoms with van der Waals surface area (Å²) in [4.78, 5) is 0. The number of hydrogen-bond donors (Lipinski definition) is 2. The molecule has 13 heavy (non-hydrogen) atoms. The Kier molecular flexibility index (Phi) is 4.93. The average Bonchev–Trinajstić information content (AvgIpc) is 1.96. The lowest BCUT2D eigenvalue weighted by molar-refractivity contribution is 0.129. The summed E-state index contributed by atoms with van der Waals surface area (Å²) in [5, 5.41) is 3.45. The van der Waals surface area contributed by atoms with Crippen LogP contribution in [-0.4, -0.2) is 19.6 Å². The van der Waals surface area contributed by atoms with Crippen LogP contribution < -0.4 is 11.1 Å². The molecule has 2 nitrogen and oxygen atoms in total. The molecule has 0 aliphatic rings. The average molecular weight is 186 g/mol. The highest BCUT2D eigenvalue weighted by atomic mass is 14.9. The molecular weight excluding hydrogens is 160 g/mol. The van der Waals surface area contributed by atoms with Crippen LogP contribution in [-0.2, 0) is 0 Å². The Morgan fingerprint density at radius 2 is 1.62 bits per heavy atom. The van der Waals surface area contributed by atoms with Crippen LogP contribution in [0.3, 0.4) is 0 Å². The molecule has 0 amide bonds. The molecule has 0 aromatic carbocycles. The van der Waals surface area contributed by atoms with Crippen molar-refractivity contribution in [1.82, 2.24) is 5.32 Å². The molecule has 0 saturated heterocycles. The van der Waals surface area contributed by atoms with Crippen molar-refractivity contribution in [3.63, 3.8) is 0 Å². The molecule has 0 aromatic heterocycles. The molecule has 3 N–H and O–H groups in total. The van der Waals surface area contributed by atoms with Crippen molar-refractivity contribution in [2.45, 2.75) is 41.0 Å². The summed E-state index contributed by atoms with van der Waals surface area (Å²) >= 11 is 0. The zero-order chi connectivity index (χ0) is 10.5. The molecule has 0 atom stereocenters. The maximum atomic E-state index is 5.42. The van der Waals surface area contributed by atoms with Crippen molar-refractivity contribution in [3.05, 3.63) is 0 Å². The molecule has 0 fully saturated rings. The van der Waals surface area contributed by atoms with Crippen LogP contribution in [0.1, 0.15) is 41.0 Å². The maximum Gasteiger partial charge on any atom is 0.000753 e. The largest absolute Gasteiger partial charge is 0.330 e. The molecule has 0 heterocycles. The van der Waals surface area contributed by atoms with Gasteiger partial charge >= 0.3 is 0 Å². The first-order valence-electron chi connectivity index (χ1n) is 5.22. The first-order valence-corrected chi connectivity index (χ1v) is 5.22. The van der Waals surface area contributed by atoms with Crippen molar-refractivity contribution >= 4 is 0 Å². The minimum absolute atomic E-state index is 0.335. The van der Waals surface area contributed by atoms with Gasteiger partial charge in [0.25, 0.3) is 0 Å². The third-order valence-electron chi connectivity index (χ3n) is 3.15. The van der Waals surface area contributed by atoms with E-state index in [1.165, 1.54) is 0 Å². The van der Waals surface area contributed by atoms with Gasteiger partial charge in [-0.1, -0.05) is 34.6 Å². The fourth-order valence-electron chi connectivity index (χ4n) is 0.893. The second-order valence-electron chi connectivity index (χ2n) is 5.45. The number of nitrogens with one attached hydrogen (secondary N) is 1. The van der Waals surface area contributed by atoms with Gasteiger partial charge in [0.2, 0.25) is 0 Å². The maximum absolute atomic E-state index is 5.42. The van der Waals surface area contributed by atoms with E-state index in [0.29, 0.717) is 10.8 Å². The molecule has 0 spiro atoms. The SMILES string of the molecule is CC(C)(C)C(C)(C)CNCCCN. The van der Waals surface area contributed by atoms with E-state index < -0.39 is 0 Å². The standard InChI is InChI=1S/C11H26N2/c1-10(2,3)11(4,5)9-13-8-6-7-12/h13H,6-9,12H2,1-5H3. The zero-order valence-electron chi connectivity index (χ0n) is 9.91. The van der Waals surface area contributed by atoms with E-state index in [0.717, 1.165) is 26.1 Å². The molecule has 0 bridgehead atoms. The van der Waals surface area contributed by atoms with Gasteiger partial charge in [-0.15, -0.1) is 0 Å². The van der Waals surface area contributed by atoms with E-state index >= 15 is 0 Å². The van der Waals surface area contributed by atoms with E-state index in [-0.39, 0.29) is 0 Å². The van der Waals surface area contributed by atoms with Crippen LogP contribution in [0.5, 0.6) is 0 Å². The quantitative estimate of drug-likeness (QED) is 0.644. The molecule has 2 heteroatoms. The molecule has 0 unspecified atom stereocenters. The van der Waals surface area contributed by atoms with Crippen molar-refractivity contribution in [2.75, 3.05) is 19.6 Å². The molecule has 0 rings (SSSR count). The monoisotopic (exact) mass is 186 g/mol. The van der Waals surface area contributed by atoms with Crippen molar-refractivity contribution in [1.29, 1.82) is 0 Å². The second-order valence-corrected chi connectivity index (χ2v) is 5.45. The van der Waals surface area contributed by atoms with Crippen LogP contribution in [0, 0.1) is 10.8 Å². The first kappa shape index (κ1) is 12.9. The molecule has 0 aliphatic carbocycles. The van der Waals surface area contributed by atoms with E-state index in [1.807, 2.05) is 0 Å². The topological polar surface area (TPSA) is 38.0 Å². The normalized spacial score (nSPS) is 13.4. The molecule has 0 saturated carbocycles. The van der Waals surface area contributed by atoms with Crippen LogP contribution in [0.2, 0.25) is 0 Å². The molecule has 0 radical (unpaired) electrons. The highest BCUT2D eigenvalue weighted by molar-refractivity contribution is 4.84. The van der Waals surface area contributed by atoms with Crippen LogP contribution in [0.4, 0.5) is 0 Å². The van der Waals surface area contributed by atoms with Crippen LogP contribution in [0.15, 0.2) is 0 Å². The van der Waals surface area contributed by atoms with Gasteiger partial charge in [-0.25, -0.2) is 0 Å². The van der Waals surface area contributed by atoms with Gasteiger partial charge in [0.15, 0.2) is 0 Å². The number of nitrogens with two attached hydrogens (primary N) is 1. The van der Waals surface area contributed by atoms with Gasteiger partial charge in [-0.2, -0.15) is 0 Å². The minimum Gasteiger partial charge on any atom is -0.330 e. The summed E-state index contributed by atoms with van der Waals surface area (Å²) in [6.07, 6.45) is 1.07. The van der Waals surface area contributed by atoms with Crippen molar-refractivity contribution < 1.29 is 0 Å². The predicted octanol–water partition coefficient (Wildman–Crippen LogP) is 2.00. The van der Waals surface area contributed by atoms with Gasteiger partial charge in [0.05, 0.1) is 0 Å². The highest BCUT2D eigenvalue weighted by Crippen LogP contribution is 2.36. The van der Waals surface area contributed by atoms with Crippen LogP contribution >= 0.6 is 0 Å². The lowest BCUT2D eigenvalue weighted by Crippen LogP contribution is -2.40. The summed E-state index contributed by atoms with van der Waals surface area (Å²) in [7, 11) is 0. The lowest BCUT2D eigenvalue weighted by Gasteiger charge is -2.39. The summed E-state index contributed by atoms with van der Waals surface area (Å²) in [6.45, 7) is 14.4. The Bertz CT molecular complexity index is 134. The van der Waals surface area contributed by atoms with E-state index in [9.17, 15) is 0 Å². The summed E-state index contributed by atoms with van der Waals surface area (Å²) in [5.41, 5.74) is 6.11. The van der Waals surface area contributed by atoms with Crippen LogP contribution in [0.25, 0.3) is 0 Å². The predicted molar refractivity (Wildman–Crippen MR) is 59.8 cm³/mol. The molecular formula is C11H26N2. The Hall–Kier alpha value is -0.0800. The first-order chi connectivity index (χ1) is 5.81. The Labute approximate surface area is 83.3 Å². The Balaban J connectivity index is 3.77. The van der Waals surface area contributed by atoms with Gasteiger partial charge in [0, 0.05) is 6.54 Å². The van der Waals surface area contributed by atoms with E-state index in [4.69, 9.17) is 5.73 Å². The van der Waals surface area contributed by atoms with Crippen molar-refractivity contribution in [3.8, 4) is 0 Å². The minimum atomic E-state index is 0.335. The smallest absolute Gasteiger partial charge is 0.000753 e. The molecule has 80 valence electrons. The highest BCUT2D eigenvalue weighted by Gasteiger charge is 2.31. The second kappa shape index (κ2) is 4.97. The molecule has 0 aromatic rings. The van der Waals surface area contributed by atoms with E-state index in [1.54, 1.807) is 0 Å². The molecule has 0 aliphatic heterocycles. The van der Waals surface area contributed by atoms with E-state index in [2.05, 4.69) is 39.9 Å². The fourth-order valence-corrected chi connectivity index (χ4v) is 0.893. The Morgan fingerprint density at radius 3 is 2.00 bits per heavy atom. The summed E-state index contributed by atoms with van der Waals surface area (Å²) in [5.74, 6) is 0. The summed E-state index contributed by atoms with van der Waals surface area (Å²) in [6, 6.07) is 0. The lowest BCUT2D eigenvalue weighted by atomic mass is 9.69. The third kappa shape index (κ3) is 4.63. The number of hydrogen-bond acceptors (Lipinski definition) is 2. The van der Waals surface area contributed by atoms with Gasteiger partial charge < -0.3 is 11.1 Å². The van der Waals surface area contributed by atoms with Gasteiger partial charge in [0.1, 0.15) is 0 Å². The van der Waals surface area contributed by atoms with Gasteiger partial charge in [-0.3, -0.25) is 0 Å². The number of rotatable bonds is 5. The third-order valence-corrected chi connectivity index (χ3v) is 3.15.